The van der Waals surface area contributed by atoms with Crippen LogP contribution in [0.15, 0.2) is 45.3 Å². The molecule has 2 aromatic rings. The van der Waals surface area contributed by atoms with Gasteiger partial charge in [-0.1, -0.05) is 18.2 Å². The molecule has 0 bridgehead atoms. The number of anilines is 1. The Morgan fingerprint density at radius 2 is 2.25 bits per heavy atom. The molecule has 1 aromatic carbocycles. The van der Waals surface area contributed by atoms with E-state index in [2.05, 4.69) is 31.8 Å². The summed E-state index contributed by atoms with van der Waals surface area (Å²) in [5, 5.41) is 8.95. The minimum absolute atomic E-state index is 0.180. The fourth-order valence-corrected chi connectivity index (χ4v) is 2.85. The SMILES string of the molecule is Cc1ccccc1NCC(=O)NN=Cc1cc(Br)cs1. The van der Waals surface area contributed by atoms with Crippen LogP contribution in [0.5, 0.6) is 0 Å². The maximum Gasteiger partial charge on any atom is 0.259 e. The minimum Gasteiger partial charge on any atom is -0.376 e. The summed E-state index contributed by atoms with van der Waals surface area (Å²) in [6, 6.07) is 9.76. The molecule has 2 rings (SSSR count). The first kappa shape index (κ1) is 14.7. The second-order valence-electron chi connectivity index (χ2n) is 4.13. The molecule has 6 heteroatoms. The van der Waals surface area contributed by atoms with Crippen LogP contribution in [0.1, 0.15) is 10.4 Å². The average Bonchev–Trinajstić information content (AvgIpc) is 2.83. The highest BCUT2D eigenvalue weighted by Crippen LogP contribution is 2.17. The number of amides is 1. The van der Waals surface area contributed by atoms with E-state index >= 15 is 0 Å². The predicted molar refractivity (Wildman–Crippen MR) is 87.4 cm³/mol. The molecule has 104 valence electrons. The van der Waals surface area contributed by atoms with E-state index in [0.717, 1.165) is 20.6 Å². The second kappa shape index (κ2) is 7.21. The molecule has 1 aromatic heterocycles. The van der Waals surface area contributed by atoms with Crippen LogP contribution in [0.4, 0.5) is 5.69 Å². The van der Waals surface area contributed by atoms with Crippen molar-refractivity contribution < 1.29 is 4.79 Å². The van der Waals surface area contributed by atoms with Crippen LogP contribution in [0, 0.1) is 6.92 Å². The molecule has 1 heterocycles. The number of nitrogens with zero attached hydrogens (tertiary/aromatic N) is 1. The van der Waals surface area contributed by atoms with Gasteiger partial charge >= 0.3 is 0 Å². The van der Waals surface area contributed by atoms with Gasteiger partial charge in [-0.3, -0.25) is 4.79 Å². The fourth-order valence-electron chi connectivity index (χ4n) is 1.55. The number of carbonyl (C=O) groups excluding carboxylic acids is 1. The monoisotopic (exact) mass is 351 g/mol. The quantitative estimate of drug-likeness (QED) is 0.640. The Morgan fingerprint density at radius 3 is 2.95 bits per heavy atom. The highest BCUT2D eigenvalue weighted by atomic mass is 79.9. The van der Waals surface area contributed by atoms with Gasteiger partial charge in [-0.25, -0.2) is 5.43 Å². The summed E-state index contributed by atoms with van der Waals surface area (Å²) in [5.74, 6) is -0.180. The largest absolute Gasteiger partial charge is 0.376 e. The lowest BCUT2D eigenvalue weighted by Gasteiger charge is -2.07. The third-order valence-corrected chi connectivity index (χ3v) is 4.18. The van der Waals surface area contributed by atoms with Gasteiger partial charge in [0.2, 0.25) is 0 Å². The zero-order chi connectivity index (χ0) is 14.4. The number of benzene rings is 1. The topological polar surface area (TPSA) is 53.5 Å². The van der Waals surface area contributed by atoms with Crippen LogP contribution in [0.2, 0.25) is 0 Å². The molecular weight excluding hydrogens is 338 g/mol. The van der Waals surface area contributed by atoms with Crippen molar-refractivity contribution in [1.82, 2.24) is 5.43 Å². The van der Waals surface area contributed by atoms with Gasteiger partial charge in [-0.15, -0.1) is 11.3 Å². The Balaban J connectivity index is 1.78. The van der Waals surface area contributed by atoms with Crippen molar-refractivity contribution in [2.24, 2.45) is 5.10 Å². The summed E-state index contributed by atoms with van der Waals surface area (Å²) in [7, 11) is 0. The van der Waals surface area contributed by atoms with E-state index in [4.69, 9.17) is 0 Å². The van der Waals surface area contributed by atoms with Crippen LogP contribution in [-0.4, -0.2) is 18.7 Å². The van der Waals surface area contributed by atoms with E-state index < -0.39 is 0 Å². The number of hydrogen-bond donors (Lipinski definition) is 2. The second-order valence-corrected chi connectivity index (χ2v) is 5.99. The highest BCUT2D eigenvalue weighted by molar-refractivity contribution is 9.10. The van der Waals surface area contributed by atoms with Gasteiger partial charge in [0.25, 0.3) is 5.91 Å². The molecule has 20 heavy (non-hydrogen) atoms. The van der Waals surface area contributed by atoms with Crippen molar-refractivity contribution >= 4 is 45.1 Å². The summed E-state index contributed by atoms with van der Waals surface area (Å²) in [6.07, 6.45) is 1.63. The molecule has 0 atom stereocenters. The lowest BCUT2D eigenvalue weighted by atomic mass is 10.2. The van der Waals surface area contributed by atoms with E-state index in [-0.39, 0.29) is 12.5 Å². The number of hydrazone groups is 1. The number of hydrogen-bond acceptors (Lipinski definition) is 4. The summed E-state index contributed by atoms with van der Waals surface area (Å²) < 4.78 is 1.01. The van der Waals surface area contributed by atoms with Crippen molar-refractivity contribution in [1.29, 1.82) is 0 Å². The van der Waals surface area contributed by atoms with Gasteiger partial charge in [0.1, 0.15) is 0 Å². The Hall–Kier alpha value is -1.66. The van der Waals surface area contributed by atoms with Gasteiger partial charge in [0.15, 0.2) is 0 Å². The van der Waals surface area contributed by atoms with Crippen molar-refractivity contribution in [2.45, 2.75) is 6.92 Å². The van der Waals surface area contributed by atoms with E-state index in [1.807, 2.05) is 42.6 Å². The molecule has 0 saturated carbocycles. The number of nitrogens with one attached hydrogen (secondary N) is 2. The van der Waals surface area contributed by atoms with Crippen molar-refractivity contribution in [3.8, 4) is 0 Å². The minimum atomic E-state index is -0.180. The summed E-state index contributed by atoms with van der Waals surface area (Å²) in [6.45, 7) is 2.18. The number of carbonyl (C=O) groups is 1. The average molecular weight is 352 g/mol. The molecule has 0 unspecified atom stereocenters. The van der Waals surface area contributed by atoms with Crippen LogP contribution in [0.3, 0.4) is 0 Å². The van der Waals surface area contributed by atoms with Gasteiger partial charge < -0.3 is 5.32 Å². The molecule has 0 aliphatic carbocycles. The maximum absolute atomic E-state index is 11.6. The Labute approximate surface area is 130 Å². The Morgan fingerprint density at radius 1 is 1.45 bits per heavy atom. The third kappa shape index (κ3) is 4.47. The van der Waals surface area contributed by atoms with Crippen LogP contribution in [0.25, 0.3) is 0 Å². The van der Waals surface area contributed by atoms with Crippen molar-refractivity contribution in [3.63, 3.8) is 0 Å². The Kier molecular flexibility index (Phi) is 5.31. The van der Waals surface area contributed by atoms with Gasteiger partial charge in [-0.2, -0.15) is 5.10 Å². The zero-order valence-corrected chi connectivity index (χ0v) is 13.3. The number of rotatable bonds is 5. The van der Waals surface area contributed by atoms with Crippen molar-refractivity contribution in [3.05, 3.63) is 50.6 Å². The molecule has 1 amide bonds. The van der Waals surface area contributed by atoms with Crippen LogP contribution in [-0.2, 0) is 4.79 Å². The van der Waals surface area contributed by atoms with Crippen LogP contribution < -0.4 is 10.7 Å². The lowest BCUT2D eigenvalue weighted by Crippen LogP contribution is -2.26. The normalized spacial score (nSPS) is 10.7. The number of thiophene rings is 1. The number of para-hydroxylation sites is 1. The fraction of sp³-hybridized carbons (Fsp3) is 0.143. The first-order valence-corrected chi connectivity index (χ1v) is 7.68. The van der Waals surface area contributed by atoms with Gasteiger partial charge in [0.05, 0.1) is 12.8 Å². The maximum atomic E-state index is 11.6. The van der Waals surface area contributed by atoms with E-state index in [1.54, 1.807) is 17.6 Å². The van der Waals surface area contributed by atoms with E-state index in [9.17, 15) is 4.79 Å². The molecule has 0 radical (unpaired) electrons. The van der Waals surface area contributed by atoms with Crippen LogP contribution >= 0.6 is 27.3 Å². The standard InChI is InChI=1S/C14H14BrN3OS/c1-10-4-2-3-5-13(10)16-8-14(19)18-17-7-12-6-11(15)9-20-12/h2-7,9,16H,8H2,1H3,(H,18,19). The summed E-state index contributed by atoms with van der Waals surface area (Å²) >= 11 is 4.91. The molecule has 0 spiro atoms. The molecule has 0 fully saturated rings. The molecule has 4 nitrogen and oxygen atoms in total. The van der Waals surface area contributed by atoms with Gasteiger partial charge in [-0.05, 0) is 40.5 Å². The lowest BCUT2D eigenvalue weighted by molar-refractivity contribution is -0.119. The molecule has 2 N–H and O–H groups in total. The van der Waals surface area contributed by atoms with Crippen molar-refractivity contribution in [2.75, 3.05) is 11.9 Å². The number of halogens is 1. The van der Waals surface area contributed by atoms with E-state index in [0.29, 0.717) is 0 Å². The van der Waals surface area contributed by atoms with E-state index in [1.165, 1.54) is 0 Å². The molecule has 0 aliphatic rings. The first-order valence-electron chi connectivity index (χ1n) is 6.00. The van der Waals surface area contributed by atoms with Gasteiger partial charge in [0, 0.05) is 20.4 Å². The summed E-state index contributed by atoms with van der Waals surface area (Å²) in [5.41, 5.74) is 4.55. The predicted octanol–water partition coefficient (Wildman–Crippen LogP) is 3.38. The smallest absolute Gasteiger partial charge is 0.259 e. The third-order valence-electron chi connectivity index (χ3n) is 2.55. The molecular formula is C14H14BrN3OS. The number of aryl methyl sites for hydroxylation is 1. The Bertz CT molecular complexity index is 624. The molecule has 0 aliphatic heterocycles. The first-order chi connectivity index (χ1) is 9.65. The summed E-state index contributed by atoms with van der Waals surface area (Å²) in [4.78, 5) is 12.6. The highest BCUT2D eigenvalue weighted by Gasteiger charge is 2.01. The zero-order valence-electron chi connectivity index (χ0n) is 10.9. The molecule has 0 saturated heterocycles.